The van der Waals surface area contributed by atoms with Crippen molar-refractivity contribution < 1.29 is 9.47 Å². The fraction of sp³-hybridized carbons (Fsp3) is 0.333. The first-order chi connectivity index (χ1) is 10.2. The van der Waals surface area contributed by atoms with E-state index in [1.165, 1.54) is 16.7 Å². The van der Waals surface area contributed by atoms with E-state index in [9.17, 15) is 0 Å². The van der Waals surface area contributed by atoms with Gasteiger partial charge in [-0.2, -0.15) is 0 Å². The van der Waals surface area contributed by atoms with E-state index in [4.69, 9.17) is 9.47 Å². The van der Waals surface area contributed by atoms with E-state index in [0.29, 0.717) is 0 Å². The summed E-state index contributed by atoms with van der Waals surface area (Å²) >= 11 is 0. The lowest BCUT2D eigenvalue weighted by atomic mass is 9.98. The number of halogens is 1. The Morgan fingerprint density at radius 3 is 2.45 bits per heavy atom. The van der Waals surface area contributed by atoms with Crippen LogP contribution in [0.3, 0.4) is 0 Å². The molecular formula is C18H22ClNO2. The summed E-state index contributed by atoms with van der Waals surface area (Å²) in [5, 5.41) is 0. The average Bonchev–Trinajstić information content (AvgIpc) is 2.49. The van der Waals surface area contributed by atoms with Gasteiger partial charge in [-0.25, -0.2) is 0 Å². The van der Waals surface area contributed by atoms with Gasteiger partial charge < -0.3 is 14.4 Å². The first-order valence-electron chi connectivity index (χ1n) is 7.28. The molecule has 0 saturated carbocycles. The molecule has 0 radical (unpaired) electrons. The molecule has 0 N–H and O–H groups in total. The Balaban J connectivity index is 0.00000176. The van der Waals surface area contributed by atoms with E-state index >= 15 is 0 Å². The molecule has 0 bridgehead atoms. The van der Waals surface area contributed by atoms with Crippen molar-refractivity contribution in [2.45, 2.75) is 19.9 Å². The highest BCUT2D eigenvalue weighted by Gasteiger charge is 2.19. The van der Waals surface area contributed by atoms with Gasteiger partial charge in [-0.15, -0.1) is 12.4 Å². The Morgan fingerprint density at radius 2 is 1.77 bits per heavy atom. The van der Waals surface area contributed by atoms with Crippen LogP contribution in [0.5, 0.6) is 17.2 Å². The minimum atomic E-state index is 0. The van der Waals surface area contributed by atoms with Crippen LogP contribution in [-0.2, 0) is 13.0 Å². The van der Waals surface area contributed by atoms with E-state index in [2.05, 4.69) is 37.1 Å². The fourth-order valence-electron chi connectivity index (χ4n) is 2.68. The third kappa shape index (κ3) is 3.54. The van der Waals surface area contributed by atoms with Crippen molar-refractivity contribution >= 4 is 12.4 Å². The van der Waals surface area contributed by atoms with Crippen LogP contribution in [0.25, 0.3) is 0 Å². The third-order valence-corrected chi connectivity index (χ3v) is 3.95. The van der Waals surface area contributed by atoms with E-state index in [1.807, 2.05) is 18.2 Å². The van der Waals surface area contributed by atoms with Crippen molar-refractivity contribution in [1.29, 1.82) is 0 Å². The van der Waals surface area contributed by atoms with Crippen LogP contribution in [-0.4, -0.2) is 25.6 Å². The SMILES string of the molecule is COc1cc2c(c(Oc3ccc(C)cc3)c1)CN(C)CC2.Cl. The van der Waals surface area contributed by atoms with Gasteiger partial charge in [0.2, 0.25) is 0 Å². The highest BCUT2D eigenvalue weighted by molar-refractivity contribution is 5.85. The number of nitrogens with zero attached hydrogens (tertiary/aromatic N) is 1. The van der Waals surface area contributed by atoms with Gasteiger partial charge in [0.1, 0.15) is 17.2 Å². The smallest absolute Gasteiger partial charge is 0.135 e. The molecule has 3 nitrogen and oxygen atoms in total. The minimum absolute atomic E-state index is 0. The van der Waals surface area contributed by atoms with Crippen LogP contribution in [0, 0.1) is 6.92 Å². The van der Waals surface area contributed by atoms with Crippen LogP contribution < -0.4 is 9.47 Å². The third-order valence-electron chi connectivity index (χ3n) is 3.95. The summed E-state index contributed by atoms with van der Waals surface area (Å²) in [5.41, 5.74) is 3.83. The van der Waals surface area contributed by atoms with Crippen LogP contribution in [0.1, 0.15) is 16.7 Å². The molecule has 2 aromatic rings. The Morgan fingerprint density at radius 1 is 1.05 bits per heavy atom. The number of rotatable bonds is 3. The number of ether oxygens (including phenoxy) is 2. The number of methoxy groups -OCH3 is 1. The highest BCUT2D eigenvalue weighted by atomic mass is 35.5. The number of benzene rings is 2. The lowest BCUT2D eigenvalue weighted by Gasteiger charge is -2.27. The van der Waals surface area contributed by atoms with Crippen molar-refractivity contribution in [3.63, 3.8) is 0 Å². The molecule has 0 saturated heterocycles. The topological polar surface area (TPSA) is 21.7 Å². The van der Waals surface area contributed by atoms with Crippen LogP contribution >= 0.6 is 12.4 Å². The van der Waals surface area contributed by atoms with Crippen molar-refractivity contribution in [3.05, 3.63) is 53.1 Å². The van der Waals surface area contributed by atoms with Crippen molar-refractivity contribution in [2.75, 3.05) is 20.7 Å². The molecular weight excluding hydrogens is 298 g/mol. The first kappa shape index (κ1) is 16.7. The molecule has 1 heterocycles. The van der Waals surface area contributed by atoms with E-state index in [0.717, 1.165) is 36.8 Å². The largest absolute Gasteiger partial charge is 0.497 e. The molecule has 0 spiro atoms. The summed E-state index contributed by atoms with van der Waals surface area (Å²) in [7, 11) is 3.84. The van der Waals surface area contributed by atoms with E-state index in [-0.39, 0.29) is 12.4 Å². The van der Waals surface area contributed by atoms with E-state index in [1.54, 1.807) is 7.11 Å². The Labute approximate surface area is 138 Å². The highest BCUT2D eigenvalue weighted by Crippen LogP contribution is 2.35. The Bertz CT molecular complexity index is 640. The van der Waals surface area contributed by atoms with Crippen molar-refractivity contribution in [2.24, 2.45) is 0 Å². The average molecular weight is 320 g/mol. The molecule has 0 unspecified atom stereocenters. The maximum absolute atomic E-state index is 6.12. The fourth-order valence-corrected chi connectivity index (χ4v) is 2.68. The van der Waals surface area contributed by atoms with Crippen LogP contribution in [0.15, 0.2) is 36.4 Å². The van der Waals surface area contributed by atoms with Crippen molar-refractivity contribution in [3.8, 4) is 17.2 Å². The van der Waals surface area contributed by atoms with Gasteiger partial charge in [0.25, 0.3) is 0 Å². The Hall–Kier alpha value is -1.71. The quantitative estimate of drug-likeness (QED) is 0.846. The molecule has 0 fully saturated rings. The summed E-state index contributed by atoms with van der Waals surface area (Å²) < 4.78 is 11.5. The minimum Gasteiger partial charge on any atom is -0.497 e. The van der Waals surface area contributed by atoms with Gasteiger partial charge in [0.05, 0.1) is 7.11 Å². The van der Waals surface area contributed by atoms with Gasteiger partial charge in [0, 0.05) is 24.7 Å². The van der Waals surface area contributed by atoms with E-state index < -0.39 is 0 Å². The molecule has 118 valence electrons. The molecule has 0 aromatic heterocycles. The van der Waals surface area contributed by atoms with Gasteiger partial charge in [-0.3, -0.25) is 0 Å². The lowest BCUT2D eigenvalue weighted by molar-refractivity contribution is 0.304. The second kappa shape index (κ2) is 7.03. The zero-order chi connectivity index (χ0) is 14.8. The summed E-state index contributed by atoms with van der Waals surface area (Å²) in [4.78, 5) is 2.32. The number of hydrogen-bond acceptors (Lipinski definition) is 3. The molecule has 3 rings (SSSR count). The summed E-state index contributed by atoms with van der Waals surface area (Å²) in [6, 6.07) is 12.3. The standard InChI is InChI=1S/C18H21NO2.ClH/c1-13-4-6-15(7-5-13)21-18-11-16(20-3)10-14-8-9-19(2)12-17(14)18;/h4-7,10-11H,8-9,12H2,1-3H3;1H. The number of likely N-dealkylation sites (N-methyl/N-ethyl adjacent to an activating group) is 1. The second-order valence-electron chi connectivity index (χ2n) is 5.67. The van der Waals surface area contributed by atoms with Gasteiger partial charge in [0.15, 0.2) is 0 Å². The predicted octanol–water partition coefficient (Wildman–Crippen LogP) is 4.21. The Kier molecular flexibility index (Phi) is 5.33. The second-order valence-corrected chi connectivity index (χ2v) is 5.67. The number of hydrogen-bond donors (Lipinski definition) is 0. The summed E-state index contributed by atoms with van der Waals surface area (Å²) in [6.07, 6.45) is 1.04. The molecule has 0 aliphatic carbocycles. The first-order valence-corrected chi connectivity index (χ1v) is 7.28. The lowest BCUT2D eigenvalue weighted by Crippen LogP contribution is -2.26. The molecule has 0 amide bonds. The maximum Gasteiger partial charge on any atom is 0.135 e. The molecule has 0 atom stereocenters. The van der Waals surface area contributed by atoms with Crippen LogP contribution in [0.2, 0.25) is 0 Å². The monoisotopic (exact) mass is 319 g/mol. The number of fused-ring (bicyclic) bond motifs is 1. The molecule has 1 aliphatic heterocycles. The normalized spacial score (nSPS) is 14.0. The van der Waals surface area contributed by atoms with Gasteiger partial charge in [-0.05, 0) is 44.2 Å². The predicted molar refractivity (Wildman–Crippen MR) is 91.5 cm³/mol. The molecule has 4 heteroatoms. The van der Waals surface area contributed by atoms with Crippen molar-refractivity contribution in [1.82, 2.24) is 4.90 Å². The maximum atomic E-state index is 6.12. The zero-order valence-corrected chi connectivity index (χ0v) is 14.1. The summed E-state index contributed by atoms with van der Waals surface area (Å²) in [5.74, 6) is 2.63. The van der Waals surface area contributed by atoms with Gasteiger partial charge in [-0.1, -0.05) is 17.7 Å². The molecule has 1 aliphatic rings. The molecule has 22 heavy (non-hydrogen) atoms. The summed E-state index contributed by atoms with van der Waals surface area (Å²) in [6.45, 7) is 4.07. The van der Waals surface area contributed by atoms with Crippen LogP contribution in [0.4, 0.5) is 0 Å². The molecule has 2 aromatic carbocycles. The van der Waals surface area contributed by atoms with Gasteiger partial charge >= 0.3 is 0 Å². The number of aryl methyl sites for hydroxylation is 1. The zero-order valence-electron chi connectivity index (χ0n) is 13.3.